The SMILES string of the molecule is N[C@@H](CCCCN1CC(=O)NC1=NCCC[C@H](N)C(=O)O)C(=O)O. The first-order valence-electron chi connectivity index (χ1n) is 7.87. The number of carbonyl (C=O) groups excluding carboxylic acids is 1. The summed E-state index contributed by atoms with van der Waals surface area (Å²) in [4.78, 5) is 38.8. The van der Waals surface area contributed by atoms with Gasteiger partial charge in [0.2, 0.25) is 11.9 Å². The number of nitrogens with one attached hydrogen (secondary N) is 1. The van der Waals surface area contributed by atoms with Crippen molar-refractivity contribution in [3.8, 4) is 0 Å². The lowest BCUT2D eigenvalue weighted by molar-refractivity contribution is -0.139. The molecule has 1 amide bonds. The molecular formula is C14H25N5O5. The minimum atomic E-state index is -1.04. The van der Waals surface area contributed by atoms with Crippen LogP contribution < -0.4 is 16.8 Å². The maximum atomic E-state index is 11.5. The molecule has 10 heteroatoms. The molecule has 0 aromatic rings. The molecule has 7 N–H and O–H groups in total. The molecule has 1 fully saturated rings. The molecule has 1 heterocycles. The maximum absolute atomic E-state index is 11.5. The monoisotopic (exact) mass is 343 g/mol. The number of nitrogens with zero attached hydrogens (tertiary/aromatic N) is 2. The Morgan fingerprint density at radius 1 is 1.12 bits per heavy atom. The number of hydrogen-bond acceptors (Lipinski definition) is 6. The summed E-state index contributed by atoms with van der Waals surface area (Å²) in [6.07, 6.45) is 2.53. The van der Waals surface area contributed by atoms with Gasteiger partial charge in [-0.25, -0.2) is 0 Å². The Balaban J connectivity index is 2.34. The van der Waals surface area contributed by atoms with E-state index in [-0.39, 0.29) is 12.5 Å². The van der Waals surface area contributed by atoms with E-state index < -0.39 is 24.0 Å². The molecular weight excluding hydrogens is 318 g/mol. The van der Waals surface area contributed by atoms with Crippen molar-refractivity contribution in [2.75, 3.05) is 19.6 Å². The van der Waals surface area contributed by atoms with Crippen LogP contribution in [0, 0.1) is 0 Å². The highest BCUT2D eigenvalue weighted by atomic mass is 16.4. The van der Waals surface area contributed by atoms with Gasteiger partial charge in [-0.1, -0.05) is 0 Å². The number of carboxylic acids is 2. The summed E-state index contributed by atoms with van der Waals surface area (Å²) in [7, 11) is 0. The average molecular weight is 343 g/mol. The Kier molecular flexibility index (Phi) is 8.13. The molecule has 0 radical (unpaired) electrons. The van der Waals surface area contributed by atoms with Crippen LogP contribution in [0.4, 0.5) is 0 Å². The van der Waals surface area contributed by atoms with Crippen LogP contribution in [0.15, 0.2) is 4.99 Å². The van der Waals surface area contributed by atoms with E-state index in [0.717, 1.165) is 0 Å². The van der Waals surface area contributed by atoms with E-state index in [4.69, 9.17) is 21.7 Å². The number of guanidine groups is 1. The standard InChI is InChI=1S/C14H25N5O5/c15-9(12(21)22)4-1-2-7-19-8-11(20)18-14(19)17-6-3-5-10(16)13(23)24/h9-10H,1-8,15-16H2,(H,21,22)(H,23,24)(H,17,18,20)/t9-,10-/m0/s1. The predicted octanol–water partition coefficient (Wildman–Crippen LogP) is -1.45. The number of aliphatic imine (C=N–C) groups is 1. The molecule has 24 heavy (non-hydrogen) atoms. The van der Waals surface area contributed by atoms with Crippen LogP contribution in [0.3, 0.4) is 0 Å². The van der Waals surface area contributed by atoms with Gasteiger partial charge in [0.15, 0.2) is 0 Å². The number of carbonyl (C=O) groups is 3. The summed E-state index contributed by atoms with van der Waals surface area (Å²) in [6.45, 7) is 1.15. The lowest BCUT2D eigenvalue weighted by Crippen LogP contribution is -2.33. The molecule has 0 unspecified atom stereocenters. The first kappa shape index (κ1) is 19.8. The van der Waals surface area contributed by atoms with Crippen molar-refractivity contribution < 1.29 is 24.6 Å². The first-order chi connectivity index (χ1) is 11.3. The van der Waals surface area contributed by atoms with Crippen molar-refractivity contribution in [1.29, 1.82) is 0 Å². The molecule has 1 rings (SSSR count). The highest BCUT2D eigenvalue weighted by Gasteiger charge is 2.24. The van der Waals surface area contributed by atoms with Crippen LogP contribution in [0.25, 0.3) is 0 Å². The van der Waals surface area contributed by atoms with Crippen molar-refractivity contribution >= 4 is 23.8 Å². The number of hydrogen-bond donors (Lipinski definition) is 5. The summed E-state index contributed by atoms with van der Waals surface area (Å²) in [5, 5.41) is 20.1. The Bertz CT molecular complexity index is 496. The zero-order valence-electron chi connectivity index (χ0n) is 13.5. The largest absolute Gasteiger partial charge is 0.480 e. The summed E-state index contributed by atoms with van der Waals surface area (Å²) >= 11 is 0. The molecule has 136 valence electrons. The van der Waals surface area contributed by atoms with Gasteiger partial charge in [0.25, 0.3) is 0 Å². The van der Waals surface area contributed by atoms with Gasteiger partial charge in [0, 0.05) is 13.1 Å². The van der Waals surface area contributed by atoms with Crippen molar-refractivity contribution in [1.82, 2.24) is 10.2 Å². The lowest BCUT2D eigenvalue weighted by atomic mass is 10.1. The fourth-order valence-corrected chi connectivity index (χ4v) is 2.23. The van der Waals surface area contributed by atoms with Gasteiger partial charge >= 0.3 is 11.9 Å². The third kappa shape index (κ3) is 6.92. The minimum absolute atomic E-state index is 0.154. The summed E-state index contributed by atoms with van der Waals surface area (Å²) < 4.78 is 0. The lowest BCUT2D eigenvalue weighted by Gasteiger charge is -2.17. The van der Waals surface area contributed by atoms with Crippen LogP contribution in [0.5, 0.6) is 0 Å². The van der Waals surface area contributed by atoms with Crippen molar-refractivity contribution in [2.45, 2.75) is 44.2 Å². The Morgan fingerprint density at radius 2 is 1.71 bits per heavy atom. The maximum Gasteiger partial charge on any atom is 0.320 e. The number of aliphatic carboxylic acids is 2. The minimum Gasteiger partial charge on any atom is -0.480 e. The third-order valence-electron chi connectivity index (χ3n) is 3.65. The molecule has 0 bridgehead atoms. The molecule has 0 aromatic heterocycles. The molecule has 0 aliphatic carbocycles. The van der Waals surface area contributed by atoms with E-state index in [0.29, 0.717) is 51.2 Å². The van der Waals surface area contributed by atoms with Crippen LogP contribution in [-0.2, 0) is 14.4 Å². The average Bonchev–Trinajstić information content (AvgIpc) is 2.87. The number of rotatable bonds is 11. The van der Waals surface area contributed by atoms with Gasteiger partial charge in [-0.3, -0.25) is 24.7 Å². The van der Waals surface area contributed by atoms with E-state index in [1.807, 2.05) is 0 Å². The van der Waals surface area contributed by atoms with Gasteiger partial charge in [-0.05, 0) is 32.1 Å². The van der Waals surface area contributed by atoms with Crippen molar-refractivity contribution in [2.24, 2.45) is 16.5 Å². The quantitative estimate of drug-likeness (QED) is 0.283. The molecule has 0 saturated carbocycles. The summed E-state index contributed by atoms with van der Waals surface area (Å²) in [5.41, 5.74) is 10.8. The Labute approximate surface area is 139 Å². The summed E-state index contributed by atoms with van der Waals surface area (Å²) in [5.74, 6) is -1.75. The molecule has 1 aliphatic rings. The van der Waals surface area contributed by atoms with E-state index in [1.165, 1.54) is 0 Å². The Morgan fingerprint density at radius 3 is 2.29 bits per heavy atom. The molecule has 0 spiro atoms. The molecule has 0 aromatic carbocycles. The zero-order valence-corrected chi connectivity index (χ0v) is 13.5. The first-order valence-corrected chi connectivity index (χ1v) is 7.87. The Hall–Kier alpha value is -2.20. The van der Waals surface area contributed by atoms with Crippen LogP contribution in [0.2, 0.25) is 0 Å². The molecule has 2 atom stereocenters. The fourth-order valence-electron chi connectivity index (χ4n) is 2.23. The van der Waals surface area contributed by atoms with Crippen LogP contribution in [0.1, 0.15) is 32.1 Å². The van der Waals surface area contributed by atoms with E-state index in [1.54, 1.807) is 4.90 Å². The second kappa shape index (κ2) is 9.83. The second-order valence-electron chi connectivity index (χ2n) is 5.70. The van der Waals surface area contributed by atoms with Gasteiger partial charge in [0.1, 0.15) is 18.6 Å². The van der Waals surface area contributed by atoms with Gasteiger partial charge < -0.3 is 26.6 Å². The zero-order chi connectivity index (χ0) is 18.1. The fraction of sp³-hybridized carbons (Fsp3) is 0.714. The van der Waals surface area contributed by atoms with E-state index in [9.17, 15) is 14.4 Å². The number of unbranched alkanes of at least 4 members (excludes halogenated alkanes) is 1. The number of nitrogens with two attached hydrogens (primary N) is 2. The van der Waals surface area contributed by atoms with Gasteiger partial charge in [0.05, 0.1) is 0 Å². The van der Waals surface area contributed by atoms with Crippen LogP contribution >= 0.6 is 0 Å². The van der Waals surface area contributed by atoms with Crippen molar-refractivity contribution in [3.05, 3.63) is 0 Å². The van der Waals surface area contributed by atoms with Crippen molar-refractivity contribution in [3.63, 3.8) is 0 Å². The molecule has 10 nitrogen and oxygen atoms in total. The number of carboxylic acid groups (broad SMARTS) is 2. The smallest absolute Gasteiger partial charge is 0.320 e. The second-order valence-corrected chi connectivity index (χ2v) is 5.70. The van der Waals surface area contributed by atoms with Crippen LogP contribution in [-0.4, -0.2) is 70.6 Å². The van der Waals surface area contributed by atoms with Gasteiger partial charge in [-0.15, -0.1) is 0 Å². The van der Waals surface area contributed by atoms with E-state index >= 15 is 0 Å². The summed E-state index contributed by atoms with van der Waals surface area (Å²) in [6, 6.07) is -1.77. The molecule has 1 aliphatic heterocycles. The predicted molar refractivity (Wildman–Crippen MR) is 86.3 cm³/mol. The topological polar surface area (TPSA) is 171 Å². The highest BCUT2D eigenvalue weighted by molar-refractivity contribution is 6.04. The normalized spacial score (nSPS) is 18.5. The van der Waals surface area contributed by atoms with Gasteiger partial charge in [-0.2, -0.15) is 0 Å². The number of amides is 1. The third-order valence-corrected chi connectivity index (χ3v) is 3.65. The van der Waals surface area contributed by atoms with E-state index in [2.05, 4.69) is 10.3 Å². The molecule has 1 saturated heterocycles. The highest BCUT2D eigenvalue weighted by Crippen LogP contribution is 2.06.